The van der Waals surface area contributed by atoms with Crippen molar-refractivity contribution in [1.29, 1.82) is 0 Å². The molecule has 1 heterocycles. The largest absolute Gasteiger partial charge is 0.339 e. The topological polar surface area (TPSA) is 86.8 Å². The lowest BCUT2D eigenvalue weighted by atomic mass is 9.87. The molecule has 3 aromatic rings. The van der Waals surface area contributed by atoms with Crippen LogP contribution in [0, 0.1) is 5.92 Å². The third-order valence-electron chi connectivity index (χ3n) is 8.79. The highest BCUT2D eigenvalue weighted by molar-refractivity contribution is 7.90. The number of nitrogens with one attached hydrogen (secondary N) is 1. The third kappa shape index (κ3) is 9.50. The van der Waals surface area contributed by atoms with Gasteiger partial charge in [-0.15, -0.1) is 0 Å². The molecule has 0 saturated carbocycles. The number of hydrogen-bond donors (Lipinski definition) is 1. The zero-order valence-corrected chi connectivity index (χ0v) is 28.5. The maximum absolute atomic E-state index is 13.1. The average molecular weight is 632 g/mol. The lowest BCUT2D eigenvalue weighted by molar-refractivity contribution is 0.0651. The van der Waals surface area contributed by atoms with Crippen LogP contribution in [-0.2, 0) is 21.7 Å². The Morgan fingerprint density at radius 2 is 1.58 bits per heavy atom. The summed E-state index contributed by atoms with van der Waals surface area (Å²) in [7, 11) is -3.29. The molecule has 0 aromatic heterocycles. The number of carbonyl (C=O) groups excluding carboxylic acids is 2. The smallest absolute Gasteiger partial charge is 0.255 e. The second-order valence-electron chi connectivity index (χ2n) is 13.6. The van der Waals surface area contributed by atoms with Crippen LogP contribution in [0.2, 0.25) is 0 Å². The molecule has 1 N–H and O–H groups in total. The van der Waals surface area contributed by atoms with Crippen molar-refractivity contribution in [2.45, 2.75) is 76.7 Å². The molecule has 8 heteroatoms. The highest BCUT2D eigenvalue weighted by Gasteiger charge is 2.26. The van der Waals surface area contributed by atoms with Crippen LogP contribution < -0.4 is 5.32 Å². The monoisotopic (exact) mass is 631 g/mol. The molecule has 7 nitrogen and oxygen atoms in total. The van der Waals surface area contributed by atoms with Crippen molar-refractivity contribution < 1.29 is 18.0 Å². The van der Waals surface area contributed by atoms with E-state index in [1.807, 2.05) is 41.3 Å². The molecule has 0 spiro atoms. The van der Waals surface area contributed by atoms with E-state index in [9.17, 15) is 18.0 Å². The molecular formula is C37H49N3O4S. The van der Waals surface area contributed by atoms with Crippen LogP contribution in [0.25, 0.3) is 0 Å². The molecule has 1 aliphatic heterocycles. The van der Waals surface area contributed by atoms with Crippen LogP contribution >= 0.6 is 0 Å². The average Bonchev–Trinajstić information content (AvgIpc) is 3.00. The lowest BCUT2D eigenvalue weighted by Gasteiger charge is -2.37. The third-order valence-corrected chi connectivity index (χ3v) is 9.92. The first kappa shape index (κ1) is 34.4. The first-order valence-electron chi connectivity index (χ1n) is 16.1. The van der Waals surface area contributed by atoms with Gasteiger partial charge in [0.05, 0.1) is 4.90 Å². The van der Waals surface area contributed by atoms with Gasteiger partial charge in [0.1, 0.15) is 0 Å². The maximum Gasteiger partial charge on any atom is 0.255 e. The minimum atomic E-state index is -3.29. The molecule has 1 unspecified atom stereocenters. The van der Waals surface area contributed by atoms with Gasteiger partial charge in [0.15, 0.2) is 9.84 Å². The molecule has 3 aromatic carbocycles. The van der Waals surface area contributed by atoms with Crippen molar-refractivity contribution in [3.05, 3.63) is 95.1 Å². The Kier molecular flexibility index (Phi) is 11.3. The molecule has 0 aliphatic carbocycles. The molecule has 0 bridgehead atoms. The van der Waals surface area contributed by atoms with E-state index < -0.39 is 9.84 Å². The van der Waals surface area contributed by atoms with Gasteiger partial charge < -0.3 is 15.1 Å². The van der Waals surface area contributed by atoms with Gasteiger partial charge in [-0.25, -0.2) is 8.42 Å². The number of carbonyl (C=O) groups is 2. The fraction of sp³-hybridized carbons (Fsp3) is 0.459. The van der Waals surface area contributed by atoms with Crippen LogP contribution in [-0.4, -0.2) is 68.5 Å². The van der Waals surface area contributed by atoms with Gasteiger partial charge in [-0.2, -0.15) is 0 Å². The molecule has 2 amide bonds. The second-order valence-corrected chi connectivity index (χ2v) is 15.6. The first-order valence-corrected chi connectivity index (χ1v) is 18.0. The van der Waals surface area contributed by atoms with Gasteiger partial charge in [-0.3, -0.25) is 9.59 Å². The normalized spacial score (nSPS) is 15.2. The van der Waals surface area contributed by atoms with Gasteiger partial charge in [-0.1, -0.05) is 52.0 Å². The van der Waals surface area contributed by atoms with Crippen LogP contribution in [0.1, 0.15) is 85.7 Å². The van der Waals surface area contributed by atoms with E-state index in [1.54, 1.807) is 12.1 Å². The summed E-state index contributed by atoms with van der Waals surface area (Å²) in [5.41, 5.74) is 4.40. The summed E-state index contributed by atoms with van der Waals surface area (Å²) < 4.78 is 23.5. The Labute approximate surface area is 269 Å². The Morgan fingerprint density at radius 3 is 2.16 bits per heavy atom. The number of rotatable bonds is 11. The van der Waals surface area contributed by atoms with Crippen LogP contribution in [0.15, 0.2) is 77.7 Å². The summed E-state index contributed by atoms with van der Waals surface area (Å²) in [6.07, 6.45) is 5.00. The molecule has 45 heavy (non-hydrogen) atoms. The summed E-state index contributed by atoms with van der Waals surface area (Å²) in [4.78, 5) is 30.7. The number of benzene rings is 3. The van der Waals surface area contributed by atoms with Gasteiger partial charge in [0, 0.05) is 48.7 Å². The zero-order valence-electron chi connectivity index (χ0n) is 27.7. The van der Waals surface area contributed by atoms with Gasteiger partial charge >= 0.3 is 0 Å². The van der Waals surface area contributed by atoms with Crippen molar-refractivity contribution >= 4 is 27.3 Å². The highest BCUT2D eigenvalue weighted by atomic mass is 32.2. The van der Waals surface area contributed by atoms with E-state index in [4.69, 9.17) is 0 Å². The molecule has 242 valence electrons. The zero-order chi connectivity index (χ0) is 32.8. The molecule has 1 atom stereocenters. The van der Waals surface area contributed by atoms with E-state index in [-0.39, 0.29) is 22.1 Å². The minimum Gasteiger partial charge on any atom is -0.339 e. The highest BCUT2D eigenvalue weighted by Crippen LogP contribution is 2.25. The Balaban J connectivity index is 1.31. The fourth-order valence-electron chi connectivity index (χ4n) is 6.03. The fourth-order valence-corrected chi connectivity index (χ4v) is 6.66. The Hall–Kier alpha value is -3.49. The van der Waals surface area contributed by atoms with Crippen molar-refractivity contribution in [1.82, 2.24) is 9.80 Å². The molecule has 0 radical (unpaired) electrons. The van der Waals surface area contributed by atoms with E-state index in [2.05, 4.69) is 57.0 Å². The number of nitrogens with zero attached hydrogens (tertiary/aromatic N) is 2. The van der Waals surface area contributed by atoms with Crippen molar-refractivity contribution in [2.75, 3.05) is 37.8 Å². The van der Waals surface area contributed by atoms with Gasteiger partial charge in [0.25, 0.3) is 11.8 Å². The number of anilines is 1. The van der Waals surface area contributed by atoms with Crippen molar-refractivity contribution in [3.8, 4) is 0 Å². The Bertz CT molecular complexity index is 1550. The minimum absolute atomic E-state index is 0.0406. The first-order chi connectivity index (χ1) is 21.2. The summed E-state index contributed by atoms with van der Waals surface area (Å²) in [5.74, 6) is 0.358. The number of likely N-dealkylation sites (tertiary alicyclic amines) is 1. The van der Waals surface area contributed by atoms with Crippen LogP contribution in [0.3, 0.4) is 0 Å². The van der Waals surface area contributed by atoms with E-state index in [0.29, 0.717) is 36.2 Å². The van der Waals surface area contributed by atoms with Gasteiger partial charge in [-0.05, 0) is 110 Å². The van der Waals surface area contributed by atoms with E-state index in [0.717, 1.165) is 44.5 Å². The quantitative estimate of drug-likeness (QED) is 0.251. The summed E-state index contributed by atoms with van der Waals surface area (Å²) in [6, 6.07) is 22.6. The molecule has 1 aliphatic rings. The predicted octanol–water partition coefficient (Wildman–Crippen LogP) is 6.84. The molecule has 1 fully saturated rings. The maximum atomic E-state index is 13.1. The predicted molar refractivity (Wildman–Crippen MR) is 183 cm³/mol. The van der Waals surface area contributed by atoms with E-state index in [1.165, 1.54) is 29.5 Å². The molecular weight excluding hydrogens is 582 g/mol. The van der Waals surface area contributed by atoms with Crippen molar-refractivity contribution in [2.24, 2.45) is 5.92 Å². The summed E-state index contributed by atoms with van der Waals surface area (Å²) >= 11 is 0. The lowest BCUT2D eigenvalue weighted by Crippen LogP contribution is -2.44. The Morgan fingerprint density at radius 1 is 0.956 bits per heavy atom. The van der Waals surface area contributed by atoms with Crippen LogP contribution in [0.5, 0.6) is 0 Å². The number of amides is 2. The van der Waals surface area contributed by atoms with E-state index >= 15 is 0 Å². The standard InChI is InChI=1S/C37H49N3O4S/c1-7-21-40(26-28-19-22-39(23-20-28)36(42)31-13-17-34(18-14-31)45(6,43)44)27(2)24-29-9-8-10-33(25-29)38-35(41)30-11-15-32(16-12-30)37(3,4)5/h8-18,25,27-28H,7,19-24,26H2,1-6H3,(H,38,41). The number of sulfone groups is 1. The molecule has 1 saturated heterocycles. The molecule has 4 rings (SSSR count). The summed E-state index contributed by atoms with van der Waals surface area (Å²) in [6.45, 7) is 14.4. The number of hydrogen-bond acceptors (Lipinski definition) is 5. The summed E-state index contributed by atoms with van der Waals surface area (Å²) in [5, 5.41) is 3.07. The van der Waals surface area contributed by atoms with Gasteiger partial charge in [0.2, 0.25) is 0 Å². The second kappa shape index (κ2) is 14.7. The van der Waals surface area contributed by atoms with Crippen molar-refractivity contribution in [3.63, 3.8) is 0 Å². The SMILES string of the molecule is CCCN(CC1CCN(C(=O)c2ccc(S(C)(=O)=O)cc2)CC1)C(C)Cc1cccc(NC(=O)c2ccc(C(C)(C)C)cc2)c1. The number of piperidine rings is 1. The van der Waals surface area contributed by atoms with Crippen LogP contribution in [0.4, 0.5) is 5.69 Å².